The lowest BCUT2D eigenvalue weighted by atomic mass is 10.1. The van der Waals surface area contributed by atoms with Gasteiger partial charge in [0.1, 0.15) is 0 Å². The van der Waals surface area contributed by atoms with Crippen molar-refractivity contribution < 1.29 is 14.3 Å². The van der Waals surface area contributed by atoms with Crippen molar-refractivity contribution in [3.05, 3.63) is 64.7 Å². The molecule has 28 heavy (non-hydrogen) atoms. The van der Waals surface area contributed by atoms with E-state index in [2.05, 4.69) is 16.2 Å². The van der Waals surface area contributed by atoms with Crippen LogP contribution in [0, 0.1) is 0 Å². The van der Waals surface area contributed by atoms with Crippen LogP contribution in [-0.2, 0) is 11.2 Å². The number of benzene rings is 2. The monoisotopic (exact) mass is 419 g/mol. The summed E-state index contributed by atoms with van der Waals surface area (Å²) in [5.74, 6) is 0.794. The van der Waals surface area contributed by atoms with E-state index in [4.69, 9.17) is 33.3 Å². The highest BCUT2D eigenvalue weighted by atomic mass is 35.5. The molecule has 2 rings (SSSR count). The SMILES string of the molecule is COc1cccc(/C=C/C(=O)NNC(=S)NCCc2ccc(Cl)cc2)c1OC. The number of carbonyl (C=O) groups excluding carboxylic acids is 1. The Morgan fingerprint density at radius 2 is 1.86 bits per heavy atom. The van der Waals surface area contributed by atoms with Crippen molar-refractivity contribution in [1.29, 1.82) is 0 Å². The maximum absolute atomic E-state index is 12.0. The first kappa shape index (κ1) is 21.5. The number of hydrogen-bond acceptors (Lipinski definition) is 4. The number of hydrogen-bond donors (Lipinski definition) is 3. The van der Waals surface area contributed by atoms with Crippen LogP contribution in [0.25, 0.3) is 6.08 Å². The lowest BCUT2D eigenvalue weighted by Gasteiger charge is -2.11. The van der Waals surface area contributed by atoms with E-state index in [1.165, 1.54) is 6.08 Å². The normalized spacial score (nSPS) is 10.4. The van der Waals surface area contributed by atoms with E-state index >= 15 is 0 Å². The quantitative estimate of drug-likeness (QED) is 0.364. The van der Waals surface area contributed by atoms with E-state index < -0.39 is 0 Å². The number of carbonyl (C=O) groups is 1. The van der Waals surface area contributed by atoms with Gasteiger partial charge in [0, 0.05) is 23.2 Å². The van der Waals surface area contributed by atoms with Crippen LogP contribution in [0.2, 0.25) is 5.02 Å². The van der Waals surface area contributed by atoms with Crippen molar-refractivity contribution in [1.82, 2.24) is 16.2 Å². The van der Waals surface area contributed by atoms with Crippen LogP contribution in [0.1, 0.15) is 11.1 Å². The van der Waals surface area contributed by atoms with Gasteiger partial charge in [-0.25, -0.2) is 0 Å². The zero-order valence-electron chi connectivity index (χ0n) is 15.6. The molecule has 0 bridgehead atoms. The number of halogens is 1. The third-order valence-electron chi connectivity index (χ3n) is 3.76. The van der Waals surface area contributed by atoms with Crippen molar-refractivity contribution in [2.45, 2.75) is 6.42 Å². The molecule has 0 saturated heterocycles. The van der Waals surface area contributed by atoms with E-state index in [1.807, 2.05) is 36.4 Å². The van der Waals surface area contributed by atoms with Gasteiger partial charge in [0.25, 0.3) is 5.91 Å². The predicted octanol–water partition coefficient (Wildman–Crippen LogP) is 3.11. The van der Waals surface area contributed by atoms with Crippen molar-refractivity contribution in [3.8, 4) is 11.5 Å². The van der Waals surface area contributed by atoms with Gasteiger partial charge in [-0.1, -0.05) is 35.9 Å². The number of amides is 1. The summed E-state index contributed by atoms with van der Waals surface area (Å²) in [4.78, 5) is 12.0. The molecule has 8 heteroatoms. The standard InChI is InChI=1S/C20H22ClN3O3S/c1-26-17-5-3-4-15(19(17)27-2)8-11-18(25)23-24-20(28)22-13-12-14-6-9-16(21)10-7-14/h3-11H,12-13H2,1-2H3,(H,23,25)(H2,22,24,28)/b11-8+. The predicted molar refractivity (Wildman–Crippen MR) is 116 cm³/mol. The summed E-state index contributed by atoms with van der Waals surface area (Å²) in [5, 5.41) is 4.05. The molecule has 0 unspecified atom stereocenters. The van der Waals surface area contributed by atoms with Crippen LogP contribution >= 0.6 is 23.8 Å². The van der Waals surface area contributed by atoms with Crippen LogP contribution in [0.5, 0.6) is 11.5 Å². The zero-order valence-corrected chi connectivity index (χ0v) is 17.2. The lowest BCUT2D eigenvalue weighted by molar-refractivity contribution is -0.116. The highest BCUT2D eigenvalue weighted by Gasteiger charge is 2.07. The number of thiocarbonyl (C=S) groups is 1. The van der Waals surface area contributed by atoms with Gasteiger partial charge in [-0.2, -0.15) is 0 Å². The van der Waals surface area contributed by atoms with E-state index in [9.17, 15) is 4.79 Å². The van der Waals surface area contributed by atoms with Gasteiger partial charge >= 0.3 is 0 Å². The van der Waals surface area contributed by atoms with Gasteiger partial charge in [-0.05, 0) is 48.5 Å². The summed E-state index contributed by atoms with van der Waals surface area (Å²) < 4.78 is 10.6. The Kier molecular flexibility index (Phi) is 8.58. The van der Waals surface area contributed by atoms with Gasteiger partial charge in [-0.15, -0.1) is 0 Å². The molecule has 0 aliphatic rings. The Labute approximate surface area is 174 Å². The summed E-state index contributed by atoms with van der Waals surface area (Å²) in [6, 6.07) is 13.0. The summed E-state index contributed by atoms with van der Waals surface area (Å²) in [6.07, 6.45) is 3.79. The summed E-state index contributed by atoms with van der Waals surface area (Å²) in [7, 11) is 3.10. The highest BCUT2D eigenvalue weighted by Crippen LogP contribution is 2.31. The van der Waals surface area contributed by atoms with E-state index in [0.29, 0.717) is 28.2 Å². The Balaban J connectivity index is 1.76. The Morgan fingerprint density at radius 1 is 1.11 bits per heavy atom. The molecular formula is C20H22ClN3O3S. The summed E-state index contributed by atoms with van der Waals surface area (Å²) in [6.45, 7) is 0.625. The number of hydrazine groups is 1. The molecule has 148 valence electrons. The minimum absolute atomic E-state index is 0.328. The second-order valence-corrected chi connectivity index (χ2v) is 6.51. The van der Waals surface area contributed by atoms with Gasteiger partial charge in [-0.3, -0.25) is 15.6 Å². The van der Waals surface area contributed by atoms with E-state index in [-0.39, 0.29) is 5.91 Å². The molecule has 1 amide bonds. The third-order valence-corrected chi connectivity index (χ3v) is 4.26. The summed E-state index contributed by atoms with van der Waals surface area (Å²) >= 11 is 11.0. The maximum atomic E-state index is 12.0. The summed E-state index contributed by atoms with van der Waals surface area (Å²) in [5.41, 5.74) is 7.02. The molecular weight excluding hydrogens is 398 g/mol. The number of ether oxygens (including phenoxy) is 2. The van der Waals surface area contributed by atoms with E-state index in [1.54, 1.807) is 26.4 Å². The first-order valence-corrected chi connectivity index (χ1v) is 9.29. The van der Waals surface area contributed by atoms with Crippen LogP contribution < -0.4 is 25.6 Å². The van der Waals surface area contributed by atoms with Crippen molar-refractivity contribution in [2.24, 2.45) is 0 Å². The van der Waals surface area contributed by atoms with Gasteiger partial charge in [0.05, 0.1) is 14.2 Å². The molecule has 0 aliphatic carbocycles. The Morgan fingerprint density at radius 3 is 2.54 bits per heavy atom. The molecule has 2 aromatic rings. The van der Waals surface area contributed by atoms with Gasteiger partial charge < -0.3 is 14.8 Å². The first-order valence-electron chi connectivity index (χ1n) is 8.51. The number of para-hydroxylation sites is 1. The van der Waals surface area contributed by atoms with Crippen molar-refractivity contribution in [3.63, 3.8) is 0 Å². The average Bonchev–Trinajstić information content (AvgIpc) is 2.71. The molecule has 0 fully saturated rings. The topological polar surface area (TPSA) is 71.6 Å². The average molecular weight is 420 g/mol. The molecule has 0 aliphatic heterocycles. The van der Waals surface area contributed by atoms with Crippen LogP contribution in [0.3, 0.4) is 0 Å². The Bertz CT molecular complexity index is 841. The smallest absolute Gasteiger partial charge is 0.262 e. The van der Waals surface area contributed by atoms with E-state index in [0.717, 1.165) is 17.5 Å². The van der Waals surface area contributed by atoms with Crippen molar-refractivity contribution >= 4 is 40.9 Å². The third kappa shape index (κ3) is 6.75. The molecule has 0 spiro atoms. The van der Waals surface area contributed by atoms with Crippen LogP contribution in [0.4, 0.5) is 0 Å². The maximum Gasteiger partial charge on any atom is 0.262 e. The minimum atomic E-state index is -0.355. The fraction of sp³-hybridized carbons (Fsp3) is 0.200. The fourth-order valence-corrected chi connectivity index (χ4v) is 2.66. The molecule has 0 aromatic heterocycles. The van der Waals surface area contributed by atoms with Crippen LogP contribution in [0.15, 0.2) is 48.5 Å². The van der Waals surface area contributed by atoms with Crippen molar-refractivity contribution in [2.75, 3.05) is 20.8 Å². The second kappa shape index (κ2) is 11.2. The lowest BCUT2D eigenvalue weighted by Crippen LogP contribution is -2.46. The molecule has 0 atom stereocenters. The highest BCUT2D eigenvalue weighted by molar-refractivity contribution is 7.80. The number of nitrogens with one attached hydrogen (secondary N) is 3. The second-order valence-electron chi connectivity index (χ2n) is 5.66. The first-order chi connectivity index (χ1) is 13.5. The van der Waals surface area contributed by atoms with Crippen LogP contribution in [-0.4, -0.2) is 31.8 Å². The molecule has 3 N–H and O–H groups in total. The largest absolute Gasteiger partial charge is 0.493 e. The number of rotatable bonds is 7. The van der Waals surface area contributed by atoms with Gasteiger partial charge in [0.15, 0.2) is 16.6 Å². The molecule has 6 nitrogen and oxygen atoms in total. The molecule has 0 radical (unpaired) electrons. The van der Waals surface area contributed by atoms with Gasteiger partial charge in [0.2, 0.25) is 0 Å². The molecule has 2 aromatic carbocycles. The fourth-order valence-electron chi connectivity index (χ4n) is 2.38. The minimum Gasteiger partial charge on any atom is -0.493 e. The molecule has 0 saturated carbocycles. The number of methoxy groups -OCH3 is 2. The zero-order chi connectivity index (χ0) is 20.4. The molecule has 0 heterocycles. The Hall–Kier alpha value is -2.77.